The largest absolute Gasteiger partial charge is 0.487 e. The van der Waals surface area contributed by atoms with Crippen molar-refractivity contribution in [2.45, 2.75) is 97.8 Å². The Hall–Kier alpha value is -2.07. The fourth-order valence-corrected chi connectivity index (χ4v) is 5.66. The van der Waals surface area contributed by atoms with Crippen molar-refractivity contribution in [3.05, 3.63) is 62.1 Å². The van der Waals surface area contributed by atoms with Crippen molar-refractivity contribution in [3.63, 3.8) is 0 Å². The molecule has 0 amide bonds. The van der Waals surface area contributed by atoms with Crippen LogP contribution in [0.25, 0.3) is 11.0 Å². The molecular formula is C30H42O3S. The van der Waals surface area contributed by atoms with Gasteiger partial charge in [-0.15, -0.1) is 11.3 Å². The van der Waals surface area contributed by atoms with E-state index >= 15 is 0 Å². The van der Waals surface area contributed by atoms with Gasteiger partial charge in [0.15, 0.2) is 0 Å². The second-order valence-electron chi connectivity index (χ2n) is 11.0. The molecule has 34 heavy (non-hydrogen) atoms. The highest BCUT2D eigenvalue weighted by Gasteiger charge is 2.32. The lowest BCUT2D eigenvalue weighted by Crippen LogP contribution is -2.24. The molecule has 3 aromatic rings. The summed E-state index contributed by atoms with van der Waals surface area (Å²) in [6.07, 6.45) is 6.68. The lowest BCUT2D eigenvalue weighted by molar-refractivity contribution is 0.291. The number of hydrogen-bond acceptors (Lipinski definition) is 4. The SMILES string of the molecule is CCC(C)(C)c1cc(CCCCCCOc2cc3ccccc3oc2=O)c(C(C)(C)C(C)C)s1. The summed E-state index contributed by atoms with van der Waals surface area (Å²) < 4.78 is 11.1. The van der Waals surface area contributed by atoms with Crippen molar-refractivity contribution in [2.24, 2.45) is 5.92 Å². The lowest BCUT2D eigenvalue weighted by atomic mass is 9.77. The number of aryl methyl sites for hydroxylation is 1. The van der Waals surface area contributed by atoms with E-state index in [9.17, 15) is 4.79 Å². The van der Waals surface area contributed by atoms with Crippen LogP contribution < -0.4 is 10.4 Å². The molecule has 2 aromatic heterocycles. The minimum absolute atomic E-state index is 0.191. The Bertz CT molecular complexity index is 1130. The molecular weight excluding hydrogens is 440 g/mol. The Morgan fingerprint density at radius 3 is 2.41 bits per heavy atom. The summed E-state index contributed by atoms with van der Waals surface area (Å²) in [5.74, 6) is 0.913. The highest BCUT2D eigenvalue weighted by atomic mass is 32.1. The maximum atomic E-state index is 12.1. The molecule has 1 aromatic carbocycles. The molecule has 186 valence electrons. The quantitative estimate of drug-likeness (QED) is 0.191. The average molecular weight is 483 g/mol. The Balaban J connectivity index is 1.53. The smallest absolute Gasteiger partial charge is 0.379 e. The molecule has 0 atom stereocenters. The molecule has 0 aliphatic rings. The Morgan fingerprint density at radius 2 is 1.71 bits per heavy atom. The fourth-order valence-electron chi connectivity index (χ4n) is 4.03. The topological polar surface area (TPSA) is 39.4 Å². The first-order valence-corrected chi connectivity index (χ1v) is 13.7. The molecule has 0 spiro atoms. The van der Waals surface area contributed by atoms with Crippen molar-refractivity contribution >= 4 is 22.3 Å². The number of hydrogen-bond donors (Lipinski definition) is 0. The van der Waals surface area contributed by atoms with Gasteiger partial charge in [0.1, 0.15) is 5.58 Å². The van der Waals surface area contributed by atoms with Crippen LogP contribution in [-0.4, -0.2) is 6.61 Å². The van der Waals surface area contributed by atoms with Gasteiger partial charge in [-0.05, 0) is 60.8 Å². The van der Waals surface area contributed by atoms with Crippen molar-refractivity contribution in [2.75, 3.05) is 6.61 Å². The minimum Gasteiger partial charge on any atom is -0.487 e. The van der Waals surface area contributed by atoms with Crippen LogP contribution >= 0.6 is 11.3 Å². The molecule has 3 nitrogen and oxygen atoms in total. The van der Waals surface area contributed by atoms with Gasteiger partial charge in [-0.2, -0.15) is 0 Å². The Labute approximate surface area is 209 Å². The van der Waals surface area contributed by atoms with Crippen LogP contribution in [0.1, 0.15) is 95.9 Å². The van der Waals surface area contributed by atoms with E-state index in [-0.39, 0.29) is 10.8 Å². The average Bonchev–Trinajstić information content (AvgIpc) is 3.24. The first kappa shape index (κ1) is 26.5. The molecule has 0 saturated heterocycles. The third-order valence-electron chi connectivity index (χ3n) is 7.60. The molecule has 0 unspecified atom stereocenters. The standard InChI is InChI=1S/C30H42O3S/c1-8-29(4,5)26-20-23(27(34-26)30(6,7)21(2)3)16-11-9-10-14-18-32-25-19-22-15-12-13-17-24(22)33-28(25)31/h12-13,15,17,19-21H,8-11,14,16,18H2,1-7H3. The second kappa shape index (κ2) is 11.1. The van der Waals surface area contributed by atoms with Gasteiger partial charge in [0, 0.05) is 20.6 Å². The van der Waals surface area contributed by atoms with Gasteiger partial charge in [-0.25, -0.2) is 4.79 Å². The molecule has 0 aliphatic carbocycles. The molecule has 0 aliphatic heterocycles. The predicted molar refractivity (Wildman–Crippen MR) is 146 cm³/mol. The maximum absolute atomic E-state index is 12.1. The van der Waals surface area contributed by atoms with E-state index in [0.29, 0.717) is 23.9 Å². The van der Waals surface area contributed by atoms with Gasteiger partial charge in [-0.1, -0.05) is 79.5 Å². The maximum Gasteiger partial charge on any atom is 0.379 e. The summed E-state index contributed by atoms with van der Waals surface area (Å²) in [7, 11) is 0. The first-order valence-electron chi connectivity index (χ1n) is 12.9. The highest BCUT2D eigenvalue weighted by molar-refractivity contribution is 7.12. The summed E-state index contributed by atoms with van der Waals surface area (Å²) in [5.41, 5.74) is 2.17. The van der Waals surface area contributed by atoms with E-state index in [2.05, 4.69) is 54.5 Å². The summed E-state index contributed by atoms with van der Waals surface area (Å²) in [6.45, 7) is 17.0. The molecule has 3 rings (SSSR count). The fraction of sp³-hybridized carbons (Fsp3) is 0.567. The first-order chi connectivity index (χ1) is 16.1. The van der Waals surface area contributed by atoms with E-state index in [1.54, 1.807) is 22.6 Å². The van der Waals surface area contributed by atoms with Crippen LogP contribution in [-0.2, 0) is 17.3 Å². The van der Waals surface area contributed by atoms with Gasteiger partial charge in [0.25, 0.3) is 0 Å². The van der Waals surface area contributed by atoms with Crippen LogP contribution in [0.15, 0.2) is 45.6 Å². The molecule has 0 N–H and O–H groups in total. The third kappa shape index (κ3) is 6.13. The molecule has 0 radical (unpaired) electrons. The summed E-state index contributed by atoms with van der Waals surface area (Å²) in [4.78, 5) is 15.2. The van der Waals surface area contributed by atoms with Crippen LogP contribution in [0, 0.1) is 5.92 Å². The van der Waals surface area contributed by atoms with E-state index in [4.69, 9.17) is 9.15 Å². The van der Waals surface area contributed by atoms with Crippen LogP contribution in [0.5, 0.6) is 5.75 Å². The number of ether oxygens (including phenoxy) is 1. The monoisotopic (exact) mass is 482 g/mol. The molecule has 0 saturated carbocycles. The van der Waals surface area contributed by atoms with Gasteiger partial charge in [-0.3, -0.25) is 0 Å². The lowest BCUT2D eigenvalue weighted by Gasteiger charge is -2.30. The zero-order valence-electron chi connectivity index (χ0n) is 22.1. The van der Waals surface area contributed by atoms with Gasteiger partial charge in [0.05, 0.1) is 6.61 Å². The van der Waals surface area contributed by atoms with Crippen molar-refractivity contribution < 1.29 is 9.15 Å². The zero-order chi connectivity index (χ0) is 24.9. The zero-order valence-corrected chi connectivity index (χ0v) is 22.9. The van der Waals surface area contributed by atoms with E-state index in [1.165, 1.54) is 17.7 Å². The highest BCUT2D eigenvalue weighted by Crippen LogP contribution is 2.43. The van der Waals surface area contributed by atoms with Crippen LogP contribution in [0.3, 0.4) is 0 Å². The number of unbranched alkanes of at least 4 members (excludes halogenated alkanes) is 3. The number of fused-ring (bicyclic) bond motifs is 1. The van der Waals surface area contributed by atoms with E-state index in [0.717, 1.165) is 31.1 Å². The molecule has 4 heteroatoms. The van der Waals surface area contributed by atoms with E-state index in [1.807, 2.05) is 29.5 Å². The van der Waals surface area contributed by atoms with Gasteiger partial charge in [0.2, 0.25) is 5.75 Å². The summed E-state index contributed by atoms with van der Waals surface area (Å²) >= 11 is 2.04. The predicted octanol–water partition coefficient (Wildman–Crippen LogP) is 8.66. The third-order valence-corrected chi connectivity index (χ3v) is 9.48. The van der Waals surface area contributed by atoms with Crippen molar-refractivity contribution in [1.29, 1.82) is 0 Å². The molecule has 2 heterocycles. The van der Waals surface area contributed by atoms with E-state index < -0.39 is 5.63 Å². The molecule has 0 bridgehead atoms. The number of rotatable bonds is 12. The van der Waals surface area contributed by atoms with Crippen LogP contribution in [0.4, 0.5) is 0 Å². The second-order valence-corrected chi connectivity index (χ2v) is 12.1. The van der Waals surface area contributed by atoms with Gasteiger partial charge >= 0.3 is 5.63 Å². The van der Waals surface area contributed by atoms with Crippen LogP contribution in [0.2, 0.25) is 0 Å². The summed E-state index contributed by atoms with van der Waals surface area (Å²) in [5, 5.41) is 0.888. The summed E-state index contributed by atoms with van der Waals surface area (Å²) in [6, 6.07) is 11.8. The van der Waals surface area contributed by atoms with Crippen molar-refractivity contribution in [3.8, 4) is 5.75 Å². The Kier molecular flexibility index (Phi) is 8.67. The minimum atomic E-state index is -0.401. The molecule has 0 fully saturated rings. The number of para-hydroxylation sites is 1. The Morgan fingerprint density at radius 1 is 1.00 bits per heavy atom. The van der Waals surface area contributed by atoms with Crippen molar-refractivity contribution in [1.82, 2.24) is 0 Å². The number of thiophene rings is 1. The van der Waals surface area contributed by atoms with Gasteiger partial charge < -0.3 is 9.15 Å². The normalized spacial score (nSPS) is 12.6. The number of benzene rings is 1.